The average Bonchev–Trinajstić information content (AvgIpc) is 2.81. The van der Waals surface area contributed by atoms with E-state index < -0.39 is 0 Å². The summed E-state index contributed by atoms with van der Waals surface area (Å²) >= 11 is 0. The summed E-state index contributed by atoms with van der Waals surface area (Å²) in [5, 5.41) is 8.06. The Bertz CT molecular complexity index is 546. The van der Waals surface area contributed by atoms with Crippen LogP contribution in [0.1, 0.15) is 36.6 Å². The largest absolute Gasteiger partial charge is 0.496 e. The quantitative estimate of drug-likeness (QED) is 0.829. The van der Waals surface area contributed by atoms with Gasteiger partial charge in [0.1, 0.15) is 5.75 Å². The monoisotopic (exact) mass is 259 g/mol. The van der Waals surface area contributed by atoms with Crippen LogP contribution >= 0.6 is 0 Å². The molecule has 2 rings (SSSR count). The number of hydrogen-bond donors (Lipinski definition) is 0. The van der Waals surface area contributed by atoms with Crippen LogP contribution in [0.2, 0.25) is 0 Å². The number of rotatable bonds is 5. The van der Waals surface area contributed by atoms with Crippen molar-refractivity contribution in [1.82, 2.24) is 15.0 Å². The first kappa shape index (κ1) is 13.6. The van der Waals surface area contributed by atoms with E-state index in [0.29, 0.717) is 5.92 Å². The highest BCUT2D eigenvalue weighted by atomic mass is 16.5. The molecule has 4 nitrogen and oxygen atoms in total. The first-order valence-corrected chi connectivity index (χ1v) is 6.62. The van der Waals surface area contributed by atoms with E-state index in [9.17, 15) is 0 Å². The average molecular weight is 259 g/mol. The minimum absolute atomic E-state index is 0.464. The maximum absolute atomic E-state index is 5.40. The van der Waals surface area contributed by atoms with Crippen molar-refractivity contribution in [2.75, 3.05) is 7.11 Å². The molecule has 0 N–H and O–H groups in total. The smallest absolute Gasteiger partial charge is 0.122 e. The van der Waals surface area contributed by atoms with Crippen molar-refractivity contribution in [3.05, 3.63) is 41.2 Å². The molecule has 2 aromatic rings. The fraction of sp³-hybridized carbons (Fsp3) is 0.467. The minimum Gasteiger partial charge on any atom is -0.496 e. The van der Waals surface area contributed by atoms with Gasteiger partial charge in [0.2, 0.25) is 0 Å². The molecule has 0 spiro atoms. The predicted octanol–water partition coefficient (Wildman–Crippen LogP) is 2.73. The molecule has 0 aliphatic rings. The lowest BCUT2D eigenvalue weighted by Crippen LogP contribution is -1.98. The van der Waals surface area contributed by atoms with Crippen molar-refractivity contribution in [2.45, 2.75) is 32.6 Å². The molecule has 1 heterocycles. The number of aromatic nitrogens is 3. The lowest BCUT2D eigenvalue weighted by molar-refractivity contribution is 0.407. The molecule has 0 aliphatic heterocycles. The number of benzene rings is 1. The fourth-order valence-electron chi connectivity index (χ4n) is 2.17. The summed E-state index contributed by atoms with van der Waals surface area (Å²) in [7, 11) is 3.61. The second-order valence-corrected chi connectivity index (χ2v) is 5.11. The summed E-state index contributed by atoms with van der Waals surface area (Å²) in [5.74, 6) is 1.43. The van der Waals surface area contributed by atoms with E-state index in [4.69, 9.17) is 4.74 Å². The van der Waals surface area contributed by atoms with E-state index in [1.54, 1.807) is 11.8 Å². The van der Waals surface area contributed by atoms with Crippen LogP contribution in [-0.4, -0.2) is 22.1 Å². The molecule has 0 radical (unpaired) electrons. The van der Waals surface area contributed by atoms with Gasteiger partial charge in [0, 0.05) is 13.2 Å². The van der Waals surface area contributed by atoms with Gasteiger partial charge in [-0.3, -0.25) is 4.68 Å². The second-order valence-electron chi connectivity index (χ2n) is 5.11. The third-order valence-corrected chi connectivity index (χ3v) is 3.24. The van der Waals surface area contributed by atoms with Gasteiger partial charge >= 0.3 is 0 Å². The Morgan fingerprint density at radius 3 is 2.63 bits per heavy atom. The number of hydrogen-bond acceptors (Lipinski definition) is 3. The minimum atomic E-state index is 0.464. The predicted molar refractivity (Wildman–Crippen MR) is 75.5 cm³/mol. The molecule has 19 heavy (non-hydrogen) atoms. The zero-order valence-electron chi connectivity index (χ0n) is 12.1. The number of methoxy groups -OCH3 is 1. The fourth-order valence-corrected chi connectivity index (χ4v) is 2.17. The van der Waals surface area contributed by atoms with Crippen LogP contribution in [0.4, 0.5) is 0 Å². The van der Waals surface area contributed by atoms with Gasteiger partial charge in [0.25, 0.3) is 0 Å². The molecule has 0 atom stereocenters. The summed E-state index contributed by atoms with van der Waals surface area (Å²) in [6.45, 7) is 4.37. The van der Waals surface area contributed by atoms with Gasteiger partial charge in [-0.05, 0) is 36.0 Å². The number of nitrogens with zero attached hydrogens (tertiary/aromatic N) is 3. The summed E-state index contributed by atoms with van der Waals surface area (Å²) in [4.78, 5) is 0. The second kappa shape index (κ2) is 5.87. The van der Waals surface area contributed by atoms with Crippen LogP contribution in [0, 0.1) is 0 Å². The van der Waals surface area contributed by atoms with Crippen LogP contribution in [0.5, 0.6) is 5.75 Å². The molecule has 0 bridgehead atoms. The van der Waals surface area contributed by atoms with E-state index in [2.05, 4.69) is 42.4 Å². The van der Waals surface area contributed by atoms with E-state index in [1.807, 2.05) is 13.2 Å². The zero-order valence-corrected chi connectivity index (χ0v) is 12.1. The molecular weight excluding hydrogens is 238 g/mol. The summed E-state index contributed by atoms with van der Waals surface area (Å²) in [5.41, 5.74) is 3.61. The van der Waals surface area contributed by atoms with Crippen molar-refractivity contribution in [3.8, 4) is 5.75 Å². The van der Waals surface area contributed by atoms with E-state index >= 15 is 0 Å². The molecular formula is C15H21N3O. The molecule has 0 saturated carbocycles. The van der Waals surface area contributed by atoms with Crippen molar-refractivity contribution in [3.63, 3.8) is 0 Å². The zero-order chi connectivity index (χ0) is 13.8. The van der Waals surface area contributed by atoms with Gasteiger partial charge in [0.05, 0.1) is 12.8 Å². The van der Waals surface area contributed by atoms with Gasteiger partial charge in [-0.1, -0.05) is 31.2 Å². The molecule has 0 amide bonds. The molecule has 4 heteroatoms. The lowest BCUT2D eigenvalue weighted by atomic mass is 9.97. The van der Waals surface area contributed by atoms with Crippen LogP contribution in [0.15, 0.2) is 24.4 Å². The third-order valence-electron chi connectivity index (χ3n) is 3.24. The standard InChI is InChI=1S/C15H21N3O/c1-11(2)14-9-12(6-8-15(14)19-4)5-7-13-10-18(3)17-16-13/h6,8-11H,5,7H2,1-4H3. The number of ether oxygens (including phenoxy) is 1. The SMILES string of the molecule is COc1ccc(CCc2cn(C)nn2)cc1C(C)C. The highest BCUT2D eigenvalue weighted by molar-refractivity contribution is 5.39. The van der Waals surface area contributed by atoms with Crippen molar-refractivity contribution < 1.29 is 4.74 Å². The molecule has 0 aliphatic carbocycles. The lowest BCUT2D eigenvalue weighted by Gasteiger charge is -2.13. The Morgan fingerprint density at radius 1 is 1.26 bits per heavy atom. The molecule has 0 saturated heterocycles. The molecule has 0 fully saturated rings. The van der Waals surface area contributed by atoms with Crippen LogP contribution in [-0.2, 0) is 19.9 Å². The van der Waals surface area contributed by atoms with Crippen LogP contribution in [0.25, 0.3) is 0 Å². The highest BCUT2D eigenvalue weighted by Gasteiger charge is 2.08. The Labute approximate surface area is 114 Å². The van der Waals surface area contributed by atoms with Gasteiger partial charge < -0.3 is 4.74 Å². The summed E-state index contributed by atoms with van der Waals surface area (Å²) in [6, 6.07) is 6.42. The first-order valence-electron chi connectivity index (χ1n) is 6.62. The van der Waals surface area contributed by atoms with Crippen molar-refractivity contribution in [1.29, 1.82) is 0 Å². The highest BCUT2D eigenvalue weighted by Crippen LogP contribution is 2.27. The van der Waals surface area contributed by atoms with E-state index in [0.717, 1.165) is 24.3 Å². The van der Waals surface area contributed by atoms with Gasteiger partial charge in [-0.15, -0.1) is 5.10 Å². The molecule has 102 valence electrons. The Hall–Kier alpha value is -1.84. The number of aryl methyl sites for hydroxylation is 3. The maximum atomic E-state index is 5.40. The van der Waals surface area contributed by atoms with Gasteiger partial charge in [0.15, 0.2) is 0 Å². The topological polar surface area (TPSA) is 39.9 Å². The van der Waals surface area contributed by atoms with Crippen LogP contribution in [0.3, 0.4) is 0 Å². The molecule has 1 aromatic heterocycles. The summed E-state index contributed by atoms with van der Waals surface area (Å²) in [6.07, 6.45) is 3.85. The molecule has 0 unspecified atom stereocenters. The van der Waals surface area contributed by atoms with E-state index in [-0.39, 0.29) is 0 Å². The normalized spacial score (nSPS) is 11.0. The first-order chi connectivity index (χ1) is 9.10. The molecule has 1 aromatic carbocycles. The van der Waals surface area contributed by atoms with Crippen molar-refractivity contribution in [2.24, 2.45) is 7.05 Å². The van der Waals surface area contributed by atoms with Gasteiger partial charge in [-0.2, -0.15) is 0 Å². The third kappa shape index (κ3) is 3.34. The Morgan fingerprint density at radius 2 is 2.05 bits per heavy atom. The Balaban J connectivity index is 2.10. The van der Waals surface area contributed by atoms with Gasteiger partial charge in [-0.25, -0.2) is 0 Å². The van der Waals surface area contributed by atoms with Crippen molar-refractivity contribution >= 4 is 0 Å². The Kier molecular flexibility index (Phi) is 4.20. The van der Waals surface area contributed by atoms with Crippen LogP contribution < -0.4 is 4.74 Å². The van der Waals surface area contributed by atoms with E-state index in [1.165, 1.54) is 11.1 Å². The maximum Gasteiger partial charge on any atom is 0.122 e. The summed E-state index contributed by atoms with van der Waals surface area (Å²) < 4.78 is 7.14.